The maximum Gasteiger partial charge on any atom is 0.248 e. The lowest BCUT2D eigenvalue weighted by atomic mass is 9.95. The zero-order valence-corrected chi connectivity index (χ0v) is 19.4. The Morgan fingerprint density at radius 3 is 2.00 bits per heavy atom. The van der Waals surface area contributed by atoms with Crippen LogP contribution in [0.15, 0.2) is 60.7 Å². The zero-order valence-electron chi connectivity index (χ0n) is 19.4. The summed E-state index contributed by atoms with van der Waals surface area (Å²) in [6, 6.07) is 20.3. The van der Waals surface area contributed by atoms with Crippen molar-refractivity contribution in [3.63, 3.8) is 0 Å². The van der Waals surface area contributed by atoms with Gasteiger partial charge in [0.2, 0.25) is 5.91 Å². The molecule has 0 saturated carbocycles. The van der Waals surface area contributed by atoms with Crippen LogP contribution in [0.2, 0.25) is 0 Å². The van der Waals surface area contributed by atoms with Crippen LogP contribution in [0.3, 0.4) is 0 Å². The Morgan fingerprint density at radius 2 is 1.47 bits per heavy atom. The standard InChI is InChI=1S/C27H36N2O3/c1-21-17-28(18-22(2)32-21)19-23-13-15-29(16-14-23)26(30)20-31-27(24-9-5-3-6-10-24)25-11-7-4-8-12-25/h3-12,21-23,27H,13-20H2,1-2H3. The van der Waals surface area contributed by atoms with Crippen molar-refractivity contribution in [3.8, 4) is 0 Å². The molecule has 0 bridgehead atoms. The highest BCUT2D eigenvalue weighted by Gasteiger charge is 2.28. The Balaban J connectivity index is 1.28. The second-order valence-electron chi connectivity index (χ2n) is 9.31. The van der Waals surface area contributed by atoms with E-state index < -0.39 is 0 Å². The van der Waals surface area contributed by atoms with Crippen LogP contribution in [-0.2, 0) is 14.3 Å². The number of hydrogen-bond acceptors (Lipinski definition) is 4. The number of hydrogen-bond donors (Lipinski definition) is 0. The van der Waals surface area contributed by atoms with Gasteiger partial charge in [0, 0.05) is 32.7 Å². The summed E-state index contributed by atoms with van der Waals surface area (Å²) in [5.41, 5.74) is 2.14. The van der Waals surface area contributed by atoms with Crippen molar-refractivity contribution in [1.82, 2.24) is 9.80 Å². The van der Waals surface area contributed by atoms with E-state index in [4.69, 9.17) is 9.47 Å². The molecule has 0 aromatic heterocycles. The molecule has 2 aliphatic rings. The first-order chi connectivity index (χ1) is 15.6. The van der Waals surface area contributed by atoms with Gasteiger partial charge in [0.1, 0.15) is 12.7 Å². The highest BCUT2D eigenvalue weighted by molar-refractivity contribution is 5.77. The van der Waals surface area contributed by atoms with E-state index in [0.29, 0.717) is 18.1 Å². The molecule has 2 aromatic rings. The molecule has 5 nitrogen and oxygen atoms in total. The Kier molecular flexibility index (Phi) is 7.95. The molecule has 32 heavy (non-hydrogen) atoms. The molecular formula is C27H36N2O3. The van der Waals surface area contributed by atoms with Gasteiger partial charge in [-0.2, -0.15) is 0 Å². The van der Waals surface area contributed by atoms with Gasteiger partial charge in [-0.15, -0.1) is 0 Å². The van der Waals surface area contributed by atoms with E-state index in [1.165, 1.54) is 0 Å². The molecule has 2 fully saturated rings. The summed E-state index contributed by atoms with van der Waals surface area (Å²) in [4.78, 5) is 17.4. The van der Waals surface area contributed by atoms with Crippen molar-refractivity contribution < 1.29 is 14.3 Å². The third-order valence-electron chi connectivity index (χ3n) is 6.56. The third-order valence-corrected chi connectivity index (χ3v) is 6.56. The smallest absolute Gasteiger partial charge is 0.248 e. The minimum atomic E-state index is -0.232. The van der Waals surface area contributed by atoms with Gasteiger partial charge in [-0.3, -0.25) is 9.69 Å². The molecule has 2 atom stereocenters. The largest absolute Gasteiger partial charge is 0.373 e. The predicted molar refractivity (Wildman–Crippen MR) is 126 cm³/mol. The van der Waals surface area contributed by atoms with Crippen molar-refractivity contribution in [2.75, 3.05) is 39.3 Å². The molecule has 5 heteroatoms. The van der Waals surface area contributed by atoms with Gasteiger partial charge in [0.25, 0.3) is 0 Å². The fourth-order valence-electron chi connectivity index (χ4n) is 5.05. The van der Waals surface area contributed by atoms with Gasteiger partial charge >= 0.3 is 0 Å². The predicted octanol–water partition coefficient (Wildman–Crippen LogP) is 4.14. The first kappa shape index (κ1) is 23.0. The van der Waals surface area contributed by atoms with Gasteiger partial charge in [-0.05, 0) is 43.7 Å². The van der Waals surface area contributed by atoms with Crippen LogP contribution in [0.5, 0.6) is 0 Å². The van der Waals surface area contributed by atoms with E-state index in [0.717, 1.165) is 56.7 Å². The number of carbonyl (C=O) groups is 1. The number of benzene rings is 2. The first-order valence-electron chi connectivity index (χ1n) is 12.0. The minimum Gasteiger partial charge on any atom is -0.373 e. The Bertz CT molecular complexity index is 787. The number of nitrogens with zero attached hydrogens (tertiary/aromatic N) is 2. The maximum atomic E-state index is 12.9. The summed E-state index contributed by atoms with van der Waals surface area (Å²) in [5, 5.41) is 0. The van der Waals surface area contributed by atoms with E-state index in [9.17, 15) is 4.79 Å². The number of ether oxygens (including phenoxy) is 2. The van der Waals surface area contributed by atoms with Crippen LogP contribution in [-0.4, -0.2) is 67.2 Å². The number of carbonyl (C=O) groups excluding carboxylic acids is 1. The molecule has 0 radical (unpaired) electrons. The molecule has 0 aliphatic carbocycles. The van der Waals surface area contributed by atoms with Crippen molar-refractivity contribution in [2.45, 2.75) is 45.0 Å². The van der Waals surface area contributed by atoms with Gasteiger partial charge in [0.15, 0.2) is 0 Å². The van der Waals surface area contributed by atoms with E-state index in [-0.39, 0.29) is 18.6 Å². The van der Waals surface area contributed by atoms with E-state index in [2.05, 4.69) is 43.0 Å². The zero-order chi connectivity index (χ0) is 22.3. The first-order valence-corrected chi connectivity index (χ1v) is 12.0. The quantitative estimate of drug-likeness (QED) is 0.654. The highest BCUT2D eigenvalue weighted by atomic mass is 16.5. The number of morpholine rings is 1. The molecule has 0 spiro atoms. The topological polar surface area (TPSA) is 42.0 Å². The van der Waals surface area contributed by atoms with E-state index >= 15 is 0 Å². The van der Waals surface area contributed by atoms with Crippen LogP contribution in [0.1, 0.15) is 43.9 Å². The summed E-state index contributed by atoms with van der Waals surface area (Å²) >= 11 is 0. The average molecular weight is 437 g/mol. The second kappa shape index (κ2) is 11.1. The highest BCUT2D eigenvalue weighted by Crippen LogP contribution is 2.26. The van der Waals surface area contributed by atoms with Crippen molar-refractivity contribution >= 4 is 5.91 Å². The summed E-state index contributed by atoms with van der Waals surface area (Å²) in [7, 11) is 0. The van der Waals surface area contributed by atoms with Crippen LogP contribution >= 0.6 is 0 Å². The lowest BCUT2D eigenvalue weighted by molar-refractivity contribution is -0.139. The number of rotatable bonds is 7. The monoisotopic (exact) mass is 436 g/mol. The SMILES string of the molecule is CC1CN(CC2CCN(C(=O)COC(c3ccccc3)c3ccccc3)CC2)CC(C)O1. The lowest BCUT2D eigenvalue weighted by Crippen LogP contribution is -2.49. The number of amides is 1. The Hall–Kier alpha value is -2.21. The second-order valence-corrected chi connectivity index (χ2v) is 9.31. The Morgan fingerprint density at radius 1 is 0.938 bits per heavy atom. The molecule has 2 heterocycles. The molecule has 2 unspecified atom stereocenters. The summed E-state index contributed by atoms with van der Waals surface area (Å²) < 4.78 is 12.0. The van der Waals surface area contributed by atoms with E-state index in [1.807, 2.05) is 41.3 Å². The van der Waals surface area contributed by atoms with Crippen LogP contribution < -0.4 is 0 Å². The molecular weight excluding hydrogens is 400 g/mol. The van der Waals surface area contributed by atoms with Crippen molar-refractivity contribution in [3.05, 3.63) is 71.8 Å². The summed E-state index contributed by atoms with van der Waals surface area (Å²) in [5.74, 6) is 0.743. The molecule has 4 rings (SSSR count). The molecule has 2 aliphatic heterocycles. The normalized spacial score (nSPS) is 22.9. The minimum absolute atomic E-state index is 0.0916. The van der Waals surface area contributed by atoms with Gasteiger partial charge < -0.3 is 14.4 Å². The number of piperidine rings is 1. The summed E-state index contributed by atoms with van der Waals surface area (Å²) in [6.07, 6.45) is 2.50. The van der Waals surface area contributed by atoms with Crippen LogP contribution in [0.25, 0.3) is 0 Å². The summed E-state index contributed by atoms with van der Waals surface area (Å²) in [6.45, 7) is 9.20. The van der Waals surface area contributed by atoms with Gasteiger partial charge in [-0.25, -0.2) is 0 Å². The molecule has 2 aromatic carbocycles. The molecule has 1 amide bonds. The molecule has 172 valence electrons. The van der Waals surface area contributed by atoms with Gasteiger partial charge in [0.05, 0.1) is 12.2 Å². The van der Waals surface area contributed by atoms with E-state index in [1.54, 1.807) is 0 Å². The Labute approximate surface area is 192 Å². The number of likely N-dealkylation sites (tertiary alicyclic amines) is 1. The lowest BCUT2D eigenvalue weighted by Gasteiger charge is -2.39. The van der Waals surface area contributed by atoms with Gasteiger partial charge in [-0.1, -0.05) is 60.7 Å². The third kappa shape index (κ3) is 6.18. The average Bonchev–Trinajstić information content (AvgIpc) is 2.80. The molecule has 0 N–H and O–H groups in total. The fraction of sp³-hybridized carbons (Fsp3) is 0.519. The van der Waals surface area contributed by atoms with Crippen molar-refractivity contribution in [1.29, 1.82) is 0 Å². The fourth-order valence-corrected chi connectivity index (χ4v) is 5.05. The molecule has 2 saturated heterocycles. The van der Waals surface area contributed by atoms with Crippen LogP contribution in [0.4, 0.5) is 0 Å². The van der Waals surface area contributed by atoms with Crippen molar-refractivity contribution in [2.24, 2.45) is 5.92 Å². The maximum absolute atomic E-state index is 12.9. The van der Waals surface area contributed by atoms with Crippen LogP contribution in [0, 0.1) is 5.92 Å².